The summed E-state index contributed by atoms with van der Waals surface area (Å²) in [5, 5.41) is 0. The van der Waals surface area contributed by atoms with Gasteiger partial charge in [0.25, 0.3) is 0 Å². The Balaban J connectivity index is 3.03. The van der Waals surface area contributed by atoms with E-state index >= 15 is 0 Å². The summed E-state index contributed by atoms with van der Waals surface area (Å²) >= 11 is 0. The fraction of sp³-hybridized carbons (Fsp3) is 0.667. The van der Waals surface area contributed by atoms with Crippen LogP contribution in [-0.4, -0.2) is 12.3 Å². The SMILES string of the molecule is [CH2]CCC(N)CC=O. The average molecular weight is 114 g/mol. The van der Waals surface area contributed by atoms with E-state index < -0.39 is 0 Å². The van der Waals surface area contributed by atoms with Crippen LogP contribution in [0.15, 0.2) is 0 Å². The highest BCUT2D eigenvalue weighted by Gasteiger charge is 1.96. The standard InChI is InChI=1S/C6H12NO/c1-2-3-6(7)4-5-8/h5-6H,1-4,7H2. The van der Waals surface area contributed by atoms with Gasteiger partial charge >= 0.3 is 0 Å². The number of carbonyl (C=O) groups excluding carboxylic acids is 1. The second-order valence-electron chi connectivity index (χ2n) is 1.80. The Kier molecular flexibility index (Phi) is 4.56. The van der Waals surface area contributed by atoms with Crippen LogP contribution in [0.5, 0.6) is 0 Å². The Labute approximate surface area is 50.1 Å². The van der Waals surface area contributed by atoms with Crippen molar-refractivity contribution in [1.29, 1.82) is 0 Å². The molecule has 0 amide bonds. The second kappa shape index (κ2) is 4.78. The molecule has 0 aliphatic rings. The maximum Gasteiger partial charge on any atom is 0.121 e. The van der Waals surface area contributed by atoms with Crippen LogP contribution in [-0.2, 0) is 4.79 Å². The third-order valence-corrected chi connectivity index (χ3v) is 0.974. The van der Waals surface area contributed by atoms with E-state index in [4.69, 9.17) is 5.73 Å². The van der Waals surface area contributed by atoms with Gasteiger partial charge in [-0.1, -0.05) is 13.3 Å². The van der Waals surface area contributed by atoms with Crippen LogP contribution in [0.2, 0.25) is 0 Å². The lowest BCUT2D eigenvalue weighted by molar-refractivity contribution is -0.108. The van der Waals surface area contributed by atoms with E-state index in [-0.39, 0.29) is 6.04 Å². The molecule has 0 aliphatic heterocycles. The molecule has 0 aromatic heterocycles. The summed E-state index contributed by atoms with van der Waals surface area (Å²) < 4.78 is 0. The Bertz CT molecular complexity index is 63.5. The first-order chi connectivity index (χ1) is 3.81. The second-order valence-corrected chi connectivity index (χ2v) is 1.80. The zero-order chi connectivity index (χ0) is 6.41. The van der Waals surface area contributed by atoms with E-state index in [0.29, 0.717) is 6.42 Å². The molecule has 8 heavy (non-hydrogen) atoms. The van der Waals surface area contributed by atoms with Crippen molar-refractivity contribution in [3.05, 3.63) is 6.92 Å². The molecule has 0 saturated carbocycles. The lowest BCUT2D eigenvalue weighted by Crippen LogP contribution is -2.19. The van der Waals surface area contributed by atoms with Crippen molar-refractivity contribution < 1.29 is 4.79 Å². The summed E-state index contributed by atoms with van der Waals surface area (Å²) in [6.45, 7) is 3.61. The van der Waals surface area contributed by atoms with Gasteiger partial charge in [-0.05, 0) is 6.42 Å². The van der Waals surface area contributed by atoms with Gasteiger partial charge in [0, 0.05) is 12.5 Å². The first kappa shape index (κ1) is 7.63. The van der Waals surface area contributed by atoms with Crippen LogP contribution in [0.1, 0.15) is 19.3 Å². The molecule has 47 valence electrons. The molecule has 0 saturated heterocycles. The Hall–Kier alpha value is -0.370. The van der Waals surface area contributed by atoms with E-state index in [1.807, 2.05) is 0 Å². The van der Waals surface area contributed by atoms with Crippen LogP contribution in [0.4, 0.5) is 0 Å². The molecule has 0 spiro atoms. The highest BCUT2D eigenvalue weighted by Crippen LogP contribution is 1.93. The number of rotatable bonds is 4. The fourth-order valence-corrected chi connectivity index (χ4v) is 0.504. The maximum atomic E-state index is 9.79. The summed E-state index contributed by atoms with van der Waals surface area (Å²) in [5.41, 5.74) is 5.42. The molecule has 0 aliphatic carbocycles. The smallest absolute Gasteiger partial charge is 0.121 e. The van der Waals surface area contributed by atoms with Crippen molar-refractivity contribution in [3.8, 4) is 0 Å². The van der Waals surface area contributed by atoms with Gasteiger partial charge in [0.05, 0.1) is 0 Å². The summed E-state index contributed by atoms with van der Waals surface area (Å²) in [7, 11) is 0. The summed E-state index contributed by atoms with van der Waals surface area (Å²) in [6, 6.07) is 0.0324. The van der Waals surface area contributed by atoms with Gasteiger partial charge in [-0.25, -0.2) is 0 Å². The normalized spacial score (nSPS) is 13.2. The van der Waals surface area contributed by atoms with Crippen LogP contribution in [0.25, 0.3) is 0 Å². The topological polar surface area (TPSA) is 43.1 Å². The number of aldehydes is 1. The van der Waals surface area contributed by atoms with E-state index in [1.165, 1.54) is 0 Å². The van der Waals surface area contributed by atoms with Crippen molar-refractivity contribution in [2.75, 3.05) is 0 Å². The highest BCUT2D eigenvalue weighted by atomic mass is 16.1. The Morgan fingerprint density at radius 2 is 2.38 bits per heavy atom. The summed E-state index contributed by atoms with van der Waals surface area (Å²) in [6.07, 6.45) is 2.98. The molecule has 0 aromatic rings. The van der Waals surface area contributed by atoms with Gasteiger partial charge in [-0.2, -0.15) is 0 Å². The first-order valence-corrected chi connectivity index (χ1v) is 2.79. The minimum absolute atomic E-state index is 0.0324. The monoisotopic (exact) mass is 114 g/mol. The molecule has 0 aromatic carbocycles. The molecule has 0 rings (SSSR count). The number of hydrogen-bond donors (Lipinski definition) is 1. The zero-order valence-electron chi connectivity index (χ0n) is 4.97. The molecule has 0 bridgehead atoms. The van der Waals surface area contributed by atoms with E-state index in [0.717, 1.165) is 19.1 Å². The molecule has 1 atom stereocenters. The van der Waals surface area contributed by atoms with Crippen molar-refractivity contribution in [2.45, 2.75) is 25.3 Å². The molecule has 2 heteroatoms. The van der Waals surface area contributed by atoms with Crippen LogP contribution >= 0.6 is 0 Å². The molecule has 0 fully saturated rings. The van der Waals surface area contributed by atoms with Gasteiger partial charge in [0.2, 0.25) is 0 Å². The molecule has 1 radical (unpaired) electrons. The molecule has 1 unspecified atom stereocenters. The van der Waals surface area contributed by atoms with Crippen LogP contribution < -0.4 is 5.73 Å². The third kappa shape index (κ3) is 3.81. The van der Waals surface area contributed by atoms with Crippen molar-refractivity contribution in [1.82, 2.24) is 0 Å². The van der Waals surface area contributed by atoms with Gasteiger partial charge in [0.15, 0.2) is 0 Å². The molecule has 2 N–H and O–H groups in total. The van der Waals surface area contributed by atoms with Crippen LogP contribution in [0, 0.1) is 6.92 Å². The van der Waals surface area contributed by atoms with E-state index in [2.05, 4.69) is 6.92 Å². The van der Waals surface area contributed by atoms with E-state index in [1.54, 1.807) is 0 Å². The van der Waals surface area contributed by atoms with Crippen molar-refractivity contribution in [3.63, 3.8) is 0 Å². The highest BCUT2D eigenvalue weighted by molar-refractivity contribution is 5.50. The largest absolute Gasteiger partial charge is 0.327 e. The predicted molar refractivity (Wildman–Crippen MR) is 33.2 cm³/mol. The predicted octanol–water partition coefficient (Wildman–Crippen LogP) is 0.517. The summed E-state index contributed by atoms with van der Waals surface area (Å²) in [5.74, 6) is 0. The lowest BCUT2D eigenvalue weighted by Gasteiger charge is -2.02. The summed E-state index contributed by atoms with van der Waals surface area (Å²) in [4.78, 5) is 9.79. The lowest BCUT2D eigenvalue weighted by atomic mass is 10.1. The van der Waals surface area contributed by atoms with Gasteiger partial charge in [-0.3, -0.25) is 0 Å². The number of hydrogen-bond acceptors (Lipinski definition) is 2. The third-order valence-electron chi connectivity index (χ3n) is 0.974. The maximum absolute atomic E-state index is 9.79. The minimum atomic E-state index is 0.0324. The number of nitrogens with two attached hydrogens (primary N) is 1. The number of carbonyl (C=O) groups is 1. The molecule has 0 heterocycles. The van der Waals surface area contributed by atoms with Crippen LogP contribution in [0.3, 0.4) is 0 Å². The fourth-order valence-electron chi connectivity index (χ4n) is 0.504. The molecular weight excluding hydrogens is 102 g/mol. The van der Waals surface area contributed by atoms with Gasteiger partial charge in [0.1, 0.15) is 6.29 Å². The zero-order valence-corrected chi connectivity index (χ0v) is 4.97. The average Bonchev–Trinajstić information content (AvgIpc) is 1.68. The van der Waals surface area contributed by atoms with Crippen molar-refractivity contribution in [2.24, 2.45) is 5.73 Å². The Morgan fingerprint density at radius 3 is 2.75 bits per heavy atom. The van der Waals surface area contributed by atoms with Crippen molar-refractivity contribution >= 4 is 6.29 Å². The first-order valence-electron chi connectivity index (χ1n) is 2.79. The quantitative estimate of drug-likeness (QED) is 0.541. The molecule has 2 nitrogen and oxygen atoms in total. The minimum Gasteiger partial charge on any atom is -0.327 e. The van der Waals surface area contributed by atoms with Gasteiger partial charge in [-0.15, -0.1) is 0 Å². The van der Waals surface area contributed by atoms with Gasteiger partial charge < -0.3 is 10.5 Å². The molecular formula is C6H12NO. The van der Waals surface area contributed by atoms with E-state index in [9.17, 15) is 4.79 Å². The Morgan fingerprint density at radius 1 is 1.75 bits per heavy atom.